The number of rotatable bonds is 7. The Kier molecular flexibility index (Phi) is 5.94. The molecule has 1 aromatic rings. The van der Waals surface area contributed by atoms with Crippen LogP contribution in [-0.2, 0) is 6.54 Å². The van der Waals surface area contributed by atoms with E-state index in [9.17, 15) is 0 Å². The second kappa shape index (κ2) is 7.25. The molecule has 1 aromatic heterocycles. The van der Waals surface area contributed by atoms with Crippen LogP contribution in [-0.4, -0.2) is 41.2 Å². The molecule has 0 aliphatic carbocycles. The molecule has 17 heavy (non-hydrogen) atoms. The number of hydrogen-bond donors (Lipinski definition) is 2. The number of hydrogen-bond acceptors (Lipinski definition) is 4. The lowest BCUT2D eigenvalue weighted by molar-refractivity contribution is 0.185. The molecule has 0 unspecified atom stereocenters. The second-order valence-corrected chi connectivity index (χ2v) is 4.40. The van der Waals surface area contributed by atoms with Gasteiger partial charge in [-0.2, -0.15) is 0 Å². The van der Waals surface area contributed by atoms with E-state index >= 15 is 0 Å². The van der Waals surface area contributed by atoms with Gasteiger partial charge in [0.15, 0.2) is 0 Å². The maximum atomic E-state index is 8.91. The van der Waals surface area contributed by atoms with Crippen LogP contribution in [0.5, 0.6) is 0 Å². The van der Waals surface area contributed by atoms with Gasteiger partial charge in [0.1, 0.15) is 5.82 Å². The van der Waals surface area contributed by atoms with E-state index < -0.39 is 0 Å². The van der Waals surface area contributed by atoms with E-state index in [1.165, 1.54) is 5.56 Å². The van der Waals surface area contributed by atoms with Crippen molar-refractivity contribution < 1.29 is 5.11 Å². The van der Waals surface area contributed by atoms with Gasteiger partial charge in [-0.15, -0.1) is 0 Å². The number of nitrogens with one attached hydrogen (secondary N) is 1. The summed E-state index contributed by atoms with van der Waals surface area (Å²) < 4.78 is 0. The van der Waals surface area contributed by atoms with Crippen LogP contribution in [0.3, 0.4) is 0 Å². The Morgan fingerprint density at radius 3 is 2.82 bits per heavy atom. The van der Waals surface area contributed by atoms with Crippen molar-refractivity contribution in [2.75, 3.05) is 25.5 Å². The minimum atomic E-state index is 0.245. The third kappa shape index (κ3) is 4.32. The van der Waals surface area contributed by atoms with Crippen LogP contribution in [0.15, 0.2) is 18.3 Å². The van der Waals surface area contributed by atoms with E-state index in [0.717, 1.165) is 25.3 Å². The molecule has 0 amide bonds. The fourth-order valence-electron chi connectivity index (χ4n) is 1.80. The third-order valence-electron chi connectivity index (χ3n) is 2.84. The molecule has 0 aromatic carbocycles. The predicted octanol–water partition coefficient (Wildman–Crippen LogP) is 1.72. The third-order valence-corrected chi connectivity index (χ3v) is 2.84. The number of anilines is 1. The molecular weight excluding hydrogens is 214 g/mol. The molecule has 0 atom stereocenters. The first-order valence-electron chi connectivity index (χ1n) is 6.15. The summed E-state index contributed by atoms with van der Waals surface area (Å²) in [4.78, 5) is 6.64. The van der Waals surface area contributed by atoms with Gasteiger partial charge < -0.3 is 10.4 Å². The molecule has 0 saturated carbocycles. The summed E-state index contributed by atoms with van der Waals surface area (Å²) in [5, 5.41) is 12.0. The summed E-state index contributed by atoms with van der Waals surface area (Å²) in [5.41, 5.74) is 1.20. The highest BCUT2D eigenvalue weighted by Gasteiger charge is 2.11. The van der Waals surface area contributed by atoms with E-state index in [1.54, 1.807) is 6.20 Å². The maximum Gasteiger partial charge on any atom is 0.130 e. The first kappa shape index (κ1) is 13.9. The quantitative estimate of drug-likeness (QED) is 0.758. The number of pyridine rings is 1. The number of aliphatic hydroxyl groups excluding tert-OH is 1. The summed E-state index contributed by atoms with van der Waals surface area (Å²) >= 11 is 0. The van der Waals surface area contributed by atoms with E-state index in [0.29, 0.717) is 6.04 Å². The molecule has 4 nitrogen and oxygen atoms in total. The molecule has 0 bridgehead atoms. The van der Waals surface area contributed by atoms with E-state index in [-0.39, 0.29) is 6.61 Å². The summed E-state index contributed by atoms with van der Waals surface area (Å²) in [7, 11) is 1.89. The van der Waals surface area contributed by atoms with Crippen molar-refractivity contribution in [3.63, 3.8) is 0 Å². The first-order chi connectivity index (χ1) is 8.19. The fourth-order valence-corrected chi connectivity index (χ4v) is 1.80. The maximum absolute atomic E-state index is 8.91. The molecule has 0 aliphatic rings. The van der Waals surface area contributed by atoms with Crippen LogP contribution in [0.4, 0.5) is 5.82 Å². The van der Waals surface area contributed by atoms with Crippen molar-refractivity contribution in [2.45, 2.75) is 32.9 Å². The molecule has 0 radical (unpaired) electrons. The SMILES string of the molecule is CNc1ncccc1CN(CCCO)C(C)C. The summed E-state index contributed by atoms with van der Waals surface area (Å²) in [6.07, 6.45) is 2.61. The molecule has 0 spiro atoms. The summed E-state index contributed by atoms with van der Waals surface area (Å²) in [5.74, 6) is 0.933. The van der Waals surface area contributed by atoms with Gasteiger partial charge in [-0.25, -0.2) is 4.98 Å². The van der Waals surface area contributed by atoms with Crippen molar-refractivity contribution in [3.05, 3.63) is 23.9 Å². The topological polar surface area (TPSA) is 48.4 Å². The molecule has 0 aliphatic heterocycles. The highest BCUT2D eigenvalue weighted by Crippen LogP contribution is 2.15. The second-order valence-electron chi connectivity index (χ2n) is 4.40. The van der Waals surface area contributed by atoms with Crippen molar-refractivity contribution in [1.82, 2.24) is 9.88 Å². The van der Waals surface area contributed by atoms with Gasteiger partial charge in [0.25, 0.3) is 0 Å². The van der Waals surface area contributed by atoms with Crippen molar-refractivity contribution in [2.24, 2.45) is 0 Å². The molecular formula is C13H23N3O. The highest BCUT2D eigenvalue weighted by molar-refractivity contribution is 5.42. The number of aliphatic hydroxyl groups is 1. The Hall–Kier alpha value is -1.13. The van der Waals surface area contributed by atoms with E-state index in [2.05, 4.69) is 35.1 Å². The van der Waals surface area contributed by atoms with Crippen LogP contribution < -0.4 is 5.32 Å². The number of aromatic nitrogens is 1. The zero-order valence-corrected chi connectivity index (χ0v) is 11.0. The lowest BCUT2D eigenvalue weighted by Gasteiger charge is -2.26. The predicted molar refractivity (Wildman–Crippen MR) is 71.0 cm³/mol. The fraction of sp³-hybridized carbons (Fsp3) is 0.615. The Morgan fingerprint density at radius 1 is 1.47 bits per heavy atom. The van der Waals surface area contributed by atoms with E-state index in [4.69, 9.17) is 5.11 Å². The lowest BCUT2D eigenvalue weighted by Crippen LogP contribution is -2.32. The van der Waals surface area contributed by atoms with Gasteiger partial charge in [0.2, 0.25) is 0 Å². The van der Waals surface area contributed by atoms with Gasteiger partial charge in [-0.1, -0.05) is 6.07 Å². The van der Waals surface area contributed by atoms with Gasteiger partial charge in [0.05, 0.1) is 0 Å². The van der Waals surface area contributed by atoms with Crippen LogP contribution >= 0.6 is 0 Å². The largest absolute Gasteiger partial charge is 0.396 e. The van der Waals surface area contributed by atoms with E-state index in [1.807, 2.05) is 13.1 Å². The minimum Gasteiger partial charge on any atom is -0.396 e. The molecule has 4 heteroatoms. The van der Waals surface area contributed by atoms with Crippen molar-refractivity contribution >= 4 is 5.82 Å². The summed E-state index contributed by atoms with van der Waals surface area (Å²) in [6.45, 7) is 6.36. The van der Waals surface area contributed by atoms with Crippen LogP contribution in [0, 0.1) is 0 Å². The highest BCUT2D eigenvalue weighted by atomic mass is 16.3. The Morgan fingerprint density at radius 2 is 2.24 bits per heavy atom. The lowest BCUT2D eigenvalue weighted by atomic mass is 10.2. The van der Waals surface area contributed by atoms with Gasteiger partial charge >= 0.3 is 0 Å². The monoisotopic (exact) mass is 237 g/mol. The van der Waals surface area contributed by atoms with Crippen LogP contribution in [0.2, 0.25) is 0 Å². The zero-order chi connectivity index (χ0) is 12.7. The van der Waals surface area contributed by atoms with Gasteiger partial charge in [-0.05, 0) is 26.3 Å². The smallest absolute Gasteiger partial charge is 0.130 e. The number of nitrogens with zero attached hydrogens (tertiary/aromatic N) is 2. The zero-order valence-electron chi connectivity index (χ0n) is 11.0. The Bertz CT molecular complexity index is 328. The molecule has 96 valence electrons. The average Bonchev–Trinajstić information content (AvgIpc) is 2.34. The Balaban J connectivity index is 2.71. The summed E-state index contributed by atoms with van der Waals surface area (Å²) in [6, 6.07) is 4.51. The minimum absolute atomic E-state index is 0.245. The van der Waals surface area contributed by atoms with Gasteiger partial charge in [-0.3, -0.25) is 4.90 Å². The van der Waals surface area contributed by atoms with Crippen LogP contribution in [0.25, 0.3) is 0 Å². The normalized spacial score (nSPS) is 11.2. The standard InChI is InChI=1S/C13H23N3O/c1-11(2)16(8-5-9-17)10-12-6-4-7-15-13(12)14-3/h4,6-7,11,17H,5,8-10H2,1-3H3,(H,14,15). The molecule has 2 N–H and O–H groups in total. The van der Waals surface area contributed by atoms with Crippen molar-refractivity contribution in [3.8, 4) is 0 Å². The Labute approximate surface area is 104 Å². The molecule has 0 saturated heterocycles. The van der Waals surface area contributed by atoms with Crippen LogP contribution in [0.1, 0.15) is 25.8 Å². The molecule has 1 heterocycles. The average molecular weight is 237 g/mol. The van der Waals surface area contributed by atoms with Crippen molar-refractivity contribution in [1.29, 1.82) is 0 Å². The van der Waals surface area contributed by atoms with Gasteiger partial charge in [0, 0.05) is 44.5 Å². The first-order valence-corrected chi connectivity index (χ1v) is 6.15. The molecule has 1 rings (SSSR count). The molecule has 0 fully saturated rings.